The van der Waals surface area contributed by atoms with Gasteiger partial charge in [0.1, 0.15) is 0 Å². The highest BCUT2D eigenvalue weighted by Gasteiger charge is 2.14. The Labute approximate surface area is 154 Å². The highest BCUT2D eigenvalue weighted by molar-refractivity contribution is 6.33. The molecule has 0 spiro atoms. The first-order valence-electron chi connectivity index (χ1n) is 7.82. The summed E-state index contributed by atoms with van der Waals surface area (Å²) in [5, 5.41) is 4.13. The number of benzene rings is 2. The predicted octanol–water partition coefficient (Wildman–Crippen LogP) is 6.48. The summed E-state index contributed by atoms with van der Waals surface area (Å²) in [5.41, 5.74) is 4.25. The highest BCUT2D eigenvalue weighted by Crippen LogP contribution is 2.32. The van der Waals surface area contributed by atoms with Crippen LogP contribution in [0.2, 0.25) is 0 Å². The minimum absolute atomic E-state index is 0. The van der Waals surface area contributed by atoms with Crippen molar-refractivity contribution in [2.24, 2.45) is 4.99 Å². The van der Waals surface area contributed by atoms with Crippen molar-refractivity contribution < 1.29 is 0 Å². The number of anilines is 1. The molecule has 0 unspecified atom stereocenters. The summed E-state index contributed by atoms with van der Waals surface area (Å²) in [4.78, 5) is 4.52. The van der Waals surface area contributed by atoms with E-state index in [0.29, 0.717) is 0 Å². The van der Waals surface area contributed by atoms with Crippen LogP contribution in [0.25, 0.3) is 0 Å². The molecule has 3 rings (SSSR count). The third kappa shape index (κ3) is 4.98. The SMILES string of the molecule is Cl.ClC1=C(/C=N\c2ccccc2)CCC/C1=C\Nc1ccccc1. The van der Waals surface area contributed by atoms with E-state index in [4.69, 9.17) is 11.6 Å². The van der Waals surface area contributed by atoms with Gasteiger partial charge in [0.25, 0.3) is 0 Å². The number of para-hydroxylation sites is 2. The maximum absolute atomic E-state index is 6.56. The topological polar surface area (TPSA) is 24.4 Å². The molecule has 1 N–H and O–H groups in total. The van der Waals surface area contributed by atoms with Gasteiger partial charge in [-0.2, -0.15) is 0 Å². The quantitative estimate of drug-likeness (QED) is 0.621. The number of nitrogens with one attached hydrogen (secondary N) is 1. The van der Waals surface area contributed by atoms with Crippen molar-refractivity contribution in [1.82, 2.24) is 0 Å². The molecule has 0 amide bonds. The molecule has 0 saturated heterocycles. The number of halogens is 2. The molecule has 24 heavy (non-hydrogen) atoms. The van der Waals surface area contributed by atoms with E-state index in [-0.39, 0.29) is 12.4 Å². The fourth-order valence-corrected chi connectivity index (χ4v) is 2.82. The Kier molecular flexibility index (Phi) is 7.10. The molecule has 1 aliphatic rings. The standard InChI is InChI=1S/C20H19ClN2.ClH/c21-20-16(14-22-18-10-3-1-4-11-18)8-7-9-17(20)15-23-19-12-5-2-6-13-19;/h1-6,10-15,22H,7-9H2;1H/b16-14+,23-15-;. The average molecular weight is 359 g/mol. The van der Waals surface area contributed by atoms with Crippen molar-refractivity contribution >= 4 is 41.6 Å². The molecule has 0 aromatic heterocycles. The number of nitrogens with zero attached hydrogens (tertiary/aromatic N) is 1. The van der Waals surface area contributed by atoms with Crippen LogP contribution in [-0.2, 0) is 0 Å². The van der Waals surface area contributed by atoms with Crippen LogP contribution in [0.1, 0.15) is 19.3 Å². The summed E-state index contributed by atoms with van der Waals surface area (Å²) in [6.45, 7) is 0. The third-order valence-electron chi connectivity index (χ3n) is 3.77. The van der Waals surface area contributed by atoms with Gasteiger partial charge in [-0.15, -0.1) is 12.4 Å². The van der Waals surface area contributed by atoms with Crippen LogP contribution < -0.4 is 5.32 Å². The molecule has 0 bridgehead atoms. The van der Waals surface area contributed by atoms with E-state index < -0.39 is 0 Å². The zero-order valence-corrected chi connectivity index (χ0v) is 14.9. The summed E-state index contributed by atoms with van der Waals surface area (Å²) in [6.07, 6.45) is 6.95. The predicted molar refractivity (Wildman–Crippen MR) is 107 cm³/mol. The summed E-state index contributed by atoms with van der Waals surface area (Å²) in [7, 11) is 0. The van der Waals surface area contributed by atoms with Crippen LogP contribution in [0.15, 0.2) is 88.0 Å². The second-order valence-corrected chi connectivity index (χ2v) is 5.84. The van der Waals surface area contributed by atoms with Crippen LogP contribution in [0.5, 0.6) is 0 Å². The van der Waals surface area contributed by atoms with Crippen LogP contribution in [0, 0.1) is 0 Å². The second-order valence-electron chi connectivity index (χ2n) is 5.47. The molecule has 2 nitrogen and oxygen atoms in total. The minimum atomic E-state index is 0. The normalized spacial score (nSPS) is 16.3. The Bertz CT molecular complexity index is 735. The third-order valence-corrected chi connectivity index (χ3v) is 4.25. The number of aliphatic imine (C=N–C) groups is 1. The molecule has 0 heterocycles. The van der Waals surface area contributed by atoms with Gasteiger partial charge >= 0.3 is 0 Å². The molecule has 124 valence electrons. The maximum Gasteiger partial charge on any atom is 0.0629 e. The lowest BCUT2D eigenvalue weighted by molar-refractivity contribution is 0.800. The molecule has 0 fully saturated rings. The fourth-order valence-electron chi connectivity index (χ4n) is 2.52. The van der Waals surface area contributed by atoms with Crippen molar-refractivity contribution in [3.8, 4) is 0 Å². The Morgan fingerprint density at radius 1 is 0.917 bits per heavy atom. The van der Waals surface area contributed by atoms with Crippen LogP contribution in [0.3, 0.4) is 0 Å². The van der Waals surface area contributed by atoms with Gasteiger partial charge in [-0.25, -0.2) is 0 Å². The molecule has 0 aliphatic heterocycles. The molecule has 2 aromatic carbocycles. The smallest absolute Gasteiger partial charge is 0.0629 e. The lowest BCUT2D eigenvalue weighted by Crippen LogP contribution is -2.02. The van der Waals surface area contributed by atoms with E-state index in [9.17, 15) is 0 Å². The van der Waals surface area contributed by atoms with Crippen molar-refractivity contribution in [3.05, 3.63) is 83.0 Å². The molecule has 0 atom stereocenters. The molecule has 0 saturated carbocycles. The van der Waals surface area contributed by atoms with Crippen molar-refractivity contribution in [2.45, 2.75) is 19.3 Å². The summed E-state index contributed by atoms with van der Waals surface area (Å²) in [6, 6.07) is 20.0. The Morgan fingerprint density at radius 2 is 1.58 bits per heavy atom. The number of rotatable bonds is 4. The number of hydrogen-bond donors (Lipinski definition) is 1. The van der Waals surface area contributed by atoms with Crippen molar-refractivity contribution in [1.29, 1.82) is 0 Å². The van der Waals surface area contributed by atoms with Gasteiger partial charge in [-0.1, -0.05) is 48.0 Å². The second kappa shape index (κ2) is 9.31. The number of hydrogen-bond acceptors (Lipinski definition) is 2. The van der Waals surface area contributed by atoms with E-state index in [0.717, 1.165) is 46.8 Å². The summed E-state index contributed by atoms with van der Waals surface area (Å²) in [5.74, 6) is 0. The highest BCUT2D eigenvalue weighted by atomic mass is 35.5. The summed E-state index contributed by atoms with van der Waals surface area (Å²) < 4.78 is 0. The van der Waals surface area contributed by atoms with Crippen LogP contribution in [-0.4, -0.2) is 6.21 Å². The molecular formula is C20H20Cl2N2. The Morgan fingerprint density at radius 3 is 2.29 bits per heavy atom. The van der Waals surface area contributed by atoms with Gasteiger partial charge in [0, 0.05) is 23.1 Å². The molecule has 2 aromatic rings. The van der Waals surface area contributed by atoms with Gasteiger partial charge in [-0.05, 0) is 54.7 Å². The maximum atomic E-state index is 6.56. The van der Waals surface area contributed by atoms with E-state index in [1.54, 1.807) is 0 Å². The van der Waals surface area contributed by atoms with Crippen LogP contribution in [0.4, 0.5) is 11.4 Å². The zero-order valence-electron chi connectivity index (χ0n) is 13.3. The van der Waals surface area contributed by atoms with Gasteiger partial charge in [0.05, 0.1) is 5.69 Å². The van der Waals surface area contributed by atoms with Gasteiger partial charge < -0.3 is 5.32 Å². The van der Waals surface area contributed by atoms with Crippen molar-refractivity contribution in [3.63, 3.8) is 0 Å². The monoisotopic (exact) mass is 358 g/mol. The first-order valence-corrected chi connectivity index (χ1v) is 8.19. The minimum Gasteiger partial charge on any atom is -0.361 e. The lowest BCUT2D eigenvalue weighted by atomic mass is 9.96. The van der Waals surface area contributed by atoms with Crippen molar-refractivity contribution in [2.75, 3.05) is 5.32 Å². The summed E-state index contributed by atoms with van der Waals surface area (Å²) >= 11 is 6.56. The first-order chi connectivity index (χ1) is 11.3. The molecular weight excluding hydrogens is 339 g/mol. The Balaban J connectivity index is 0.00000208. The lowest BCUT2D eigenvalue weighted by Gasteiger charge is -2.17. The van der Waals surface area contributed by atoms with E-state index in [1.807, 2.05) is 73.1 Å². The average Bonchev–Trinajstić information content (AvgIpc) is 2.61. The Hall–Kier alpha value is -2.03. The van der Waals surface area contributed by atoms with E-state index in [1.165, 1.54) is 0 Å². The van der Waals surface area contributed by atoms with Gasteiger partial charge in [0.15, 0.2) is 0 Å². The number of allylic oxidation sites excluding steroid dienone is 3. The van der Waals surface area contributed by atoms with E-state index >= 15 is 0 Å². The molecule has 1 aliphatic carbocycles. The van der Waals surface area contributed by atoms with Gasteiger partial charge in [0.2, 0.25) is 0 Å². The zero-order chi connectivity index (χ0) is 15.9. The largest absolute Gasteiger partial charge is 0.361 e. The molecule has 0 radical (unpaired) electrons. The molecule has 4 heteroatoms. The fraction of sp³-hybridized carbons (Fsp3) is 0.150. The van der Waals surface area contributed by atoms with E-state index in [2.05, 4.69) is 10.3 Å². The van der Waals surface area contributed by atoms with Crippen LogP contribution >= 0.6 is 24.0 Å². The first kappa shape index (κ1) is 18.3. The van der Waals surface area contributed by atoms with Gasteiger partial charge in [-0.3, -0.25) is 4.99 Å².